The van der Waals surface area contributed by atoms with E-state index in [-0.39, 0.29) is 5.97 Å². The second-order valence-corrected chi connectivity index (χ2v) is 7.61. The maximum absolute atomic E-state index is 11.1. The van der Waals surface area contributed by atoms with E-state index >= 15 is 0 Å². The van der Waals surface area contributed by atoms with Gasteiger partial charge in [0, 0.05) is 45.3 Å². The van der Waals surface area contributed by atoms with E-state index in [0.717, 1.165) is 44.0 Å². The zero-order chi connectivity index (χ0) is 20.8. The van der Waals surface area contributed by atoms with Crippen molar-refractivity contribution in [2.24, 2.45) is 0 Å². The first-order chi connectivity index (χ1) is 14.0. The molecule has 1 aliphatic heterocycles. The van der Waals surface area contributed by atoms with Crippen LogP contribution in [0.3, 0.4) is 0 Å². The molecule has 0 radical (unpaired) electrons. The molecule has 0 N–H and O–H groups in total. The molecule has 0 saturated carbocycles. The summed E-state index contributed by atoms with van der Waals surface area (Å²) in [6, 6.07) is 11.3. The standard InChI is InChI=1S/C22H24Cl2N2O3/c1-16(27)29-21-8-5-17(14-22(21)28-2)4-3-9-25-10-12-26(13-11-25)18-6-7-19(23)20(24)15-18/h3-8,14-15H,9-13H2,1-2H3. The number of carbonyl (C=O) groups excluding carboxylic acids is 1. The Kier molecular flexibility index (Phi) is 7.42. The summed E-state index contributed by atoms with van der Waals surface area (Å²) in [5, 5.41) is 1.17. The quantitative estimate of drug-likeness (QED) is 0.484. The third-order valence-corrected chi connectivity index (χ3v) is 5.49. The van der Waals surface area contributed by atoms with Crippen LogP contribution in [0.2, 0.25) is 10.0 Å². The molecule has 7 heteroatoms. The van der Waals surface area contributed by atoms with Crippen molar-refractivity contribution in [3.63, 3.8) is 0 Å². The Hall–Kier alpha value is -2.21. The Morgan fingerprint density at radius 3 is 2.45 bits per heavy atom. The molecule has 0 unspecified atom stereocenters. The van der Waals surface area contributed by atoms with Gasteiger partial charge in [0.1, 0.15) is 0 Å². The molecule has 0 atom stereocenters. The van der Waals surface area contributed by atoms with E-state index in [0.29, 0.717) is 21.5 Å². The molecule has 2 aromatic rings. The normalized spacial score (nSPS) is 15.0. The molecule has 1 aliphatic rings. The fourth-order valence-corrected chi connectivity index (χ4v) is 3.53. The van der Waals surface area contributed by atoms with E-state index in [2.05, 4.69) is 15.9 Å². The van der Waals surface area contributed by atoms with Gasteiger partial charge in [0.25, 0.3) is 0 Å². The first-order valence-electron chi connectivity index (χ1n) is 9.41. The molecular formula is C22H24Cl2N2O3. The smallest absolute Gasteiger partial charge is 0.308 e. The number of esters is 1. The lowest BCUT2D eigenvalue weighted by molar-refractivity contribution is -0.132. The highest BCUT2D eigenvalue weighted by molar-refractivity contribution is 6.42. The van der Waals surface area contributed by atoms with Crippen molar-refractivity contribution in [2.75, 3.05) is 44.7 Å². The third-order valence-electron chi connectivity index (χ3n) is 4.76. The second kappa shape index (κ2) is 10.0. The number of nitrogens with zero attached hydrogens (tertiary/aromatic N) is 2. The summed E-state index contributed by atoms with van der Waals surface area (Å²) in [6.45, 7) is 6.06. The Balaban J connectivity index is 1.52. The van der Waals surface area contributed by atoms with Crippen LogP contribution in [0.25, 0.3) is 6.08 Å². The minimum absolute atomic E-state index is 0.369. The number of carbonyl (C=O) groups is 1. The van der Waals surface area contributed by atoms with Crippen molar-refractivity contribution in [2.45, 2.75) is 6.92 Å². The van der Waals surface area contributed by atoms with Gasteiger partial charge in [-0.1, -0.05) is 41.4 Å². The summed E-state index contributed by atoms with van der Waals surface area (Å²) >= 11 is 12.1. The zero-order valence-corrected chi connectivity index (χ0v) is 18.0. The minimum Gasteiger partial charge on any atom is -0.493 e. The largest absolute Gasteiger partial charge is 0.493 e. The molecule has 0 bridgehead atoms. The number of halogens is 2. The molecule has 3 rings (SSSR count). The molecule has 0 aromatic heterocycles. The lowest BCUT2D eigenvalue weighted by atomic mass is 10.2. The number of piperazine rings is 1. The number of anilines is 1. The number of methoxy groups -OCH3 is 1. The van der Waals surface area contributed by atoms with Gasteiger partial charge >= 0.3 is 5.97 Å². The molecule has 5 nitrogen and oxygen atoms in total. The molecule has 2 aromatic carbocycles. The number of hydrogen-bond donors (Lipinski definition) is 0. The maximum Gasteiger partial charge on any atom is 0.308 e. The van der Waals surface area contributed by atoms with Crippen molar-refractivity contribution in [1.29, 1.82) is 0 Å². The zero-order valence-electron chi connectivity index (χ0n) is 16.5. The summed E-state index contributed by atoms with van der Waals surface area (Å²) in [5.41, 5.74) is 2.10. The first kappa shape index (κ1) is 21.5. The van der Waals surface area contributed by atoms with Gasteiger partial charge in [-0.2, -0.15) is 0 Å². The Morgan fingerprint density at radius 2 is 1.79 bits per heavy atom. The van der Waals surface area contributed by atoms with Crippen molar-refractivity contribution >= 4 is 40.9 Å². The Morgan fingerprint density at radius 1 is 1.03 bits per heavy atom. The van der Waals surface area contributed by atoms with Crippen LogP contribution in [0.1, 0.15) is 12.5 Å². The maximum atomic E-state index is 11.1. The number of rotatable bonds is 6. The van der Waals surface area contributed by atoms with E-state index in [1.165, 1.54) is 6.92 Å². The summed E-state index contributed by atoms with van der Waals surface area (Å²) in [4.78, 5) is 15.9. The fourth-order valence-electron chi connectivity index (χ4n) is 3.24. The van der Waals surface area contributed by atoms with E-state index in [1.54, 1.807) is 13.2 Å². The fraction of sp³-hybridized carbons (Fsp3) is 0.318. The summed E-state index contributed by atoms with van der Waals surface area (Å²) in [6.07, 6.45) is 4.18. The van der Waals surface area contributed by atoms with Crippen LogP contribution < -0.4 is 14.4 Å². The molecular weight excluding hydrogens is 411 g/mol. The number of benzene rings is 2. The molecule has 1 saturated heterocycles. The van der Waals surface area contributed by atoms with Crippen LogP contribution in [0.5, 0.6) is 11.5 Å². The van der Waals surface area contributed by atoms with Crippen LogP contribution in [-0.2, 0) is 4.79 Å². The van der Waals surface area contributed by atoms with Gasteiger partial charge in [0.05, 0.1) is 17.2 Å². The van der Waals surface area contributed by atoms with Gasteiger partial charge in [0.15, 0.2) is 11.5 Å². The van der Waals surface area contributed by atoms with E-state index in [9.17, 15) is 4.79 Å². The van der Waals surface area contributed by atoms with Crippen molar-refractivity contribution < 1.29 is 14.3 Å². The summed E-state index contributed by atoms with van der Waals surface area (Å²) in [5.74, 6) is 0.597. The summed E-state index contributed by atoms with van der Waals surface area (Å²) in [7, 11) is 1.56. The molecule has 1 fully saturated rings. The molecule has 0 aliphatic carbocycles. The number of hydrogen-bond acceptors (Lipinski definition) is 5. The first-order valence-corrected chi connectivity index (χ1v) is 10.2. The van der Waals surface area contributed by atoms with E-state index < -0.39 is 0 Å². The van der Waals surface area contributed by atoms with Gasteiger partial charge in [-0.15, -0.1) is 0 Å². The lowest BCUT2D eigenvalue weighted by Gasteiger charge is -2.35. The Labute approximate surface area is 181 Å². The van der Waals surface area contributed by atoms with Gasteiger partial charge in [0.2, 0.25) is 0 Å². The average Bonchev–Trinajstić information content (AvgIpc) is 2.71. The van der Waals surface area contributed by atoms with E-state index in [1.807, 2.05) is 36.4 Å². The number of ether oxygens (including phenoxy) is 2. The average molecular weight is 435 g/mol. The van der Waals surface area contributed by atoms with Crippen molar-refractivity contribution in [3.8, 4) is 11.5 Å². The van der Waals surface area contributed by atoms with Gasteiger partial charge in [-0.05, 0) is 35.9 Å². The molecule has 1 heterocycles. The summed E-state index contributed by atoms with van der Waals surface area (Å²) < 4.78 is 10.4. The van der Waals surface area contributed by atoms with Crippen LogP contribution in [0.4, 0.5) is 5.69 Å². The Bertz CT molecular complexity index is 894. The topological polar surface area (TPSA) is 42.0 Å². The molecule has 0 spiro atoms. The highest BCUT2D eigenvalue weighted by Crippen LogP contribution is 2.29. The van der Waals surface area contributed by atoms with Crippen molar-refractivity contribution in [3.05, 3.63) is 58.1 Å². The highest BCUT2D eigenvalue weighted by atomic mass is 35.5. The van der Waals surface area contributed by atoms with Gasteiger partial charge in [-0.25, -0.2) is 0 Å². The predicted octanol–water partition coefficient (Wildman–Crippen LogP) is 4.76. The predicted molar refractivity (Wildman–Crippen MR) is 118 cm³/mol. The van der Waals surface area contributed by atoms with Gasteiger partial charge in [-0.3, -0.25) is 9.69 Å². The molecule has 0 amide bonds. The van der Waals surface area contributed by atoms with Gasteiger partial charge < -0.3 is 14.4 Å². The van der Waals surface area contributed by atoms with Crippen LogP contribution in [0.15, 0.2) is 42.5 Å². The second-order valence-electron chi connectivity index (χ2n) is 6.79. The molecule has 29 heavy (non-hydrogen) atoms. The molecule has 154 valence electrons. The van der Waals surface area contributed by atoms with Crippen molar-refractivity contribution in [1.82, 2.24) is 4.90 Å². The highest BCUT2D eigenvalue weighted by Gasteiger charge is 2.17. The van der Waals surface area contributed by atoms with E-state index in [4.69, 9.17) is 32.7 Å². The minimum atomic E-state index is -0.369. The monoisotopic (exact) mass is 434 g/mol. The van der Waals surface area contributed by atoms with Crippen LogP contribution in [0, 0.1) is 0 Å². The van der Waals surface area contributed by atoms with Crippen LogP contribution >= 0.6 is 23.2 Å². The SMILES string of the molecule is COc1cc(C=CCN2CCN(c3ccc(Cl)c(Cl)c3)CC2)ccc1OC(C)=O. The third kappa shape index (κ3) is 5.89. The lowest BCUT2D eigenvalue weighted by Crippen LogP contribution is -2.46. The van der Waals surface area contributed by atoms with Crippen LogP contribution in [-0.4, -0.2) is 50.7 Å².